The van der Waals surface area contributed by atoms with E-state index in [1.807, 2.05) is 23.1 Å². The normalized spacial score (nSPS) is 17.0. The highest BCUT2D eigenvalue weighted by Crippen LogP contribution is 2.22. The second kappa shape index (κ2) is 7.38. The topological polar surface area (TPSA) is 109 Å². The molecule has 132 valence electrons. The molecule has 3 rings (SSSR count). The molecule has 2 heterocycles. The highest BCUT2D eigenvalue weighted by molar-refractivity contribution is 5.92. The van der Waals surface area contributed by atoms with E-state index in [2.05, 4.69) is 5.16 Å². The first kappa shape index (κ1) is 17.0. The minimum absolute atomic E-state index is 0.0669. The van der Waals surface area contributed by atoms with E-state index in [4.69, 9.17) is 10.3 Å². The number of nitrogens with two attached hydrogens (primary N) is 1. The van der Waals surface area contributed by atoms with E-state index in [1.165, 1.54) is 6.07 Å². The Bertz CT molecular complexity index is 823. The summed E-state index contributed by atoms with van der Waals surface area (Å²) in [5, 5.41) is 2.22. The number of rotatable bonds is 6. The van der Waals surface area contributed by atoms with E-state index in [9.17, 15) is 14.4 Å². The van der Waals surface area contributed by atoms with Crippen LogP contribution in [0.5, 0.6) is 0 Å². The van der Waals surface area contributed by atoms with Gasteiger partial charge in [0.2, 0.25) is 11.8 Å². The lowest BCUT2D eigenvalue weighted by Gasteiger charge is -2.16. The van der Waals surface area contributed by atoms with E-state index < -0.39 is 5.91 Å². The summed E-state index contributed by atoms with van der Waals surface area (Å²) < 4.78 is 4.96. The summed E-state index contributed by atoms with van der Waals surface area (Å²) in [6, 6.07) is 8.70. The molecule has 0 radical (unpaired) electrons. The fourth-order valence-corrected chi connectivity index (χ4v) is 3.24. The van der Waals surface area contributed by atoms with E-state index in [1.54, 1.807) is 6.07 Å². The number of aromatic nitrogens is 1. The zero-order chi connectivity index (χ0) is 17.8. The largest absolute Gasteiger partial charge is 0.384 e. The molecule has 25 heavy (non-hydrogen) atoms. The molecule has 1 aliphatic heterocycles. The van der Waals surface area contributed by atoms with Crippen molar-refractivity contribution < 1.29 is 14.1 Å². The van der Waals surface area contributed by atoms with Crippen LogP contribution in [0.25, 0.3) is 0 Å². The van der Waals surface area contributed by atoms with Gasteiger partial charge in [0.05, 0.1) is 0 Å². The third-order valence-electron chi connectivity index (χ3n) is 4.53. The average Bonchev–Trinajstić information content (AvgIpc) is 3.22. The van der Waals surface area contributed by atoms with Crippen LogP contribution in [0.3, 0.4) is 0 Å². The highest BCUT2D eigenvalue weighted by Gasteiger charge is 2.26. The smallest absolute Gasteiger partial charge is 0.280 e. The number of aromatic amines is 1. The number of aryl methyl sites for hydroxylation is 1. The molecule has 3 N–H and O–H groups in total. The van der Waals surface area contributed by atoms with Crippen LogP contribution in [0.2, 0.25) is 0 Å². The zero-order valence-corrected chi connectivity index (χ0v) is 13.9. The summed E-state index contributed by atoms with van der Waals surface area (Å²) in [5.41, 5.74) is 6.59. The minimum atomic E-state index is -0.429. The fraction of sp³-hybridized carbons (Fsp3) is 0.389. The lowest BCUT2D eigenvalue weighted by atomic mass is 9.97. The molecule has 1 saturated heterocycles. The van der Waals surface area contributed by atoms with Gasteiger partial charge in [-0.1, -0.05) is 12.1 Å². The van der Waals surface area contributed by atoms with Crippen molar-refractivity contribution in [1.29, 1.82) is 0 Å². The molecule has 7 nitrogen and oxygen atoms in total. The Labute approximate surface area is 144 Å². The van der Waals surface area contributed by atoms with Gasteiger partial charge in [-0.3, -0.25) is 14.4 Å². The number of carbonyl (C=O) groups excluding carboxylic acids is 2. The van der Waals surface area contributed by atoms with Crippen molar-refractivity contribution in [2.45, 2.75) is 25.7 Å². The molecule has 2 aromatic rings. The van der Waals surface area contributed by atoms with Crippen LogP contribution in [0.15, 0.2) is 39.6 Å². The van der Waals surface area contributed by atoms with E-state index >= 15 is 0 Å². The molecule has 1 atom stereocenters. The number of H-pyrrole nitrogens is 1. The second-order valence-electron chi connectivity index (χ2n) is 6.44. The summed E-state index contributed by atoms with van der Waals surface area (Å²) >= 11 is 0. The van der Waals surface area contributed by atoms with Crippen molar-refractivity contribution in [3.05, 3.63) is 57.6 Å². The first-order chi connectivity index (χ1) is 12.0. The standard InChI is InChI=1S/C18H21N3O4/c19-18(24)14-3-1-2-12(9-14)8-13-6-7-21(11-13)17(23)5-4-15-10-16(22)20-25-15/h1-3,9-10,13H,4-8,11H2,(H2,19,24)(H,20,22). The monoisotopic (exact) mass is 343 g/mol. The molecule has 7 heteroatoms. The van der Waals surface area contributed by atoms with E-state index in [0.717, 1.165) is 24.9 Å². The van der Waals surface area contributed by atoms with Crippen molar-refractivity contribution in [3.8, 4) is 0 Å². The van der Waals surface area contributed by atoms with E-state index in [-0.39, 0.29) is 11.5 Å². The van der Waals surface area contributed by atoms with Crippen LogP contribution < -0.4 is 11.3 Å². The Hall–Kier alpha value is -2.83. The second-order valence-corrected chi connectivity index (χ2v) is 6.44. The first-order valence-corrected chi connectivity index (χ1v) is 8.35. The van der Waals surface area contributed by atoms with E-state index in [0.29, 0.717) is 36.6 Å². The van der Waals surface area contributed by atoms with Crippen LogP contribution >= 0.6 is 0 Å². The molecule has 1 unspecified atom stereocenters. The molecule has 1 aromatic heterocycles. The third kappa shape index (κ3) is 4.37. The fourth-order valence-electron chi connectivity index (χ4n) is 3.24. The van der Waals surface area contributed by atoms with Gasteiger partial charge in [0.1, 0.15) is 5.76 Å². The van der Waals surface area contributed by atoms with Crippen LogP contribution in [-0.4, -0.2) is 35.0 Å². The summed E-state index contributed by atoms with van der Waals surface area (Å²) in [6.07, 6.45) is 2.49. The molecule has 0 saturated carbocycles. The van der Waals surface area contributed by atoms with Crippen molar-refractivity contribution in [2.24, 2.45) is 11.7 Å². The predicted molar refractivity (Wildman–Crippen MR) is 91.0 cm³/mol. The van der Waals surface area contributed by atoms with Gasteiger partial charge in [-0.2, -0.15) is 5.16 Å². The predicted octanol–water partition coefficient (Wildman–Crippen LogP) is 1.09. The first-order valence-electron chi connectivity index (χ1n) is 8.35. The number of benzene rings is 1. The maximum absolute atomic E-state index is 12.3. The molecular weight excluding hydrogens is 322 g/mol. The van der Waals surface area contributed by atoms with Crippen molar-refractivity contribution in [3.63, 3.8) is 0 Å². The summed E-state index contributed by atoms with van der Waals surface area (Å²) in [5.74, 6) is 0.508. The lowest BCUT2D eigenvalue weighted by Crippen LogP contribution is -2.29. The minimum Gasteiger partial charge on any atom is -0.384 e. The third-order valence-corrected chi connectivity index (χ3v) is 4.53. The molecule has 0 spiro atoms. The van der Waals surface area contributed by atoms with Gasteiger partial charge in [0, 0.05) is 37.6 Å². The Balaban J connectivity index is 1.51. The Morgan fingerprint density at radius 2 is 2.16 bits per heavy atom. The number of likely N-dealkylation sites (tertiary alicyclic amines) is 1. The van der Waals surface area contributed by atoms with Gasteiger partial charge in [0.15, 0.2) is 0 Å². The molecular formula is C18H21N3O4. The number of hydrogen-bond acceptors (Lipinski definition) is 4. The summed E-state index contributed by atoms with van der Waals surface area (Å²) in [6.45, 7) is 1.44. The van der Waals surface area contributed by atoms with Gasteiger partial charge in [-0.05, 0) is 36.5 Å². The van der Waals surface area contributed by atoms with Crippen molar-refractivity contribution in [2.75, 3.05) is 13.1 Å². The molecule has 0 aliphatic carbocycles. The van der Waals surface area contributed by atoms with Gasteiger partial charge < -0.3 is 15.2 Å². The average molecular weight is 343 g/mol. The van der Waals surface area contributed by atoms with Gasteiger partial charge in [-0.25, -0.2) is 0 Å². The Morgan fingerprint density at radius 1 is 1.32 bits per heavy atom. The highest BCUT2D eigenvalue weighted by atomic mass is 16.5. The zero-order valence-electron chi connectivity index (χ0n) is 13.9. The van der Waals surface area contributed by atoms with Gasteiger partial charge in [0.25, 0.3) is 5.56 Å². The van der Waals surface area contributed by atoms with Gasteiger partial charge in [-0.15, -0.1) is 0 Å². The quantitative estimate of drug-likeness (QED) is 0.818. The number of primary amides is 1. The van der Waals surface area contributed by atoms with Gasteiger partial charge >= 0.3 is 0 Å². The number of carbonyl (C=O) groups is 2. The maximum atomic E-state index is 12.3. The molecule has 0 bridgehead atoms. The lowest BCUT2D eigenvalue weighted by molar-refractivity contribution is -0.130. The number of nitrogens with one attached hydrogen (secondary N) is 1. The Kier molecular flexibility index (Phi) is 5.02. The molecule has 1 aliphatic rings. The molecule has 2 amide bonds. The van der Waals surface area contributed by atoms with Crippen molar-refractivity contribution in [1.82, 2.24) is 10.1 Å². The summed E-state index contributed by atoms with van der Waals surface area (Å²) in [7, 11) is 0. The van der Waals surface area contributed by atoms with Crippen LogP contribution in [0.1, 0.15) is 34.5 Å². The number of nitrogens with zero attached hydrogens (tertiary/aromatic N) is 1. The van der Waals surface area contributed by atoms with Crippen LogP contribution in [0, 0.1) is 5.92 Å². The molecule has 1 aromatic carbocycles. The van der Waals surface area contributed by atoms with Crippen LogP contribution in [0.4, 0.5) is 0 Å². The van der Waals surface area contributed by atoms with Crippen LogP contribution in [-0.2, 0) is 17.6 Å². The van der Waals surface area contributed by atoms with Crippen molar-refractivity contribution >= 4 is 11.8 Å². The maximum Gasteiger partial charge on any atom is 0.280 e. The SMILES string of the molecule is NC(=O)c1cccc(CC2CCN(C(=O)CCc3cc(=O)[nH]o3)C2)c1. The Morgan fingerprint density at radius 3 is 2.88 bits per heavy atom. The summed E-state index contributed by atoms with van der Waals surface area (Å²) in [4.78, 5) is 36.4. The number of amides is 2. The molecule has 1 fully saturated rings. The number of hydrogen-bond donors (Lipinski definition) is 2.